The van der Waals surface area contributed by atoms with Crippen LogP contribution in [-0.2, 0) is 4.74 Å². The predicted molar refractivity (Wildman–Crippen MR) is 78.3 cm³/mol. The molecule has 0 radical (unpaired) electrons. The number of benzene rings is 1. The summed E-state index contributed by atoms with van der Waals surface area (Å²) in [6.45, 7) is 3.47. The molecule has 1 saturated heterocycles. The van der Waals surface area contributed by atoms with Gasteiger partial charge in [-0.3, -0.25) is 0 Å². The fourth-order valence-electron chi connectivity index (χ4n) is 1.92. The minimum Gasteiger partial charge on any atom is -0.378 e. The number of hydrogen-bond donors (Lipinski definition) is 0. The molecular formula is C13H13BrN2OS. The standard InChI is InChI=1S/C13H13BrN2OS/c14-11-3-1-10(2-4-11)12-9-18-13(15-12)16-5-7-17-8-6-16/h1-4,9H,5-8H2. The molecule has 1 fully saturated rings. The summed E-state index contributed by atoms with van der Waals surface area (Å²) in [5.74, 6) is 0. The lowest BCUT2D eigenvalue weighted by atomic mass is 10.2. The lowest BCUT2D eigenvalue weighted by Crippen LogP contribution is -2.36. The normalized spacial score (nSPS) is 15.9. The Balaban J connectivity index is 1.82. The van der Waals surface area contributed by atoms with Gasteiger partial charge in [0.15, 0.2) is 5.13 Å². The zero-order valence-electron chi connectivity index (χ0n) is 9.80. The van der Waals surface area contributed by atoms with Gasteiger partial charge in [-0.1, -0.05) is 28.1 Å². The second kappa shape index (κ2) is 5.38. The molecule has 2 aromatic rings. The Kier molecular flexibility index (Phi) is 3.63. The fraction of sp³-hybridized carbons (Fsp3) is 0.308. The van der Waals surface area contributed by atoms with Crippen LogP contribution in [0.2, 0.25) is 0 Å². The quantitative estimate of drug-likeness (QED) is 0.846. The van der Waals surface area contributed by atoms with Crippen molar-refractivity contribution in [3.05, 3.63) is 34.1 Å². The van der Waals surface area contributed by atoms with Crippen LogP contribution in [0.5, 0.6) is 0 Å². The molecule has 1 aliphatic rings. The van der Waals surface area contributed by atoms with E-state index in [9.17, 15) is 0 Å². The van der Waals surface area contributed by atoms with Gasteiger partial charge in [-0.2, -0.15) is 0 Å². The van der Waals surface area contributed by atoms with E-state index in [4.69, 9.17) is 9.72 Å². The lowest BCUT2D eigenvalue weighted by molar-refractivity contribution is 0.122. The molecule has 18 heavy (non-hydrogen) atoms. The van der Waals surface area contributed by atoms with Crippen molar-refractivity contribution < 1.29 is 4.74 Å². The first kappa shape index (κ1) is 12.1. The Bertz CT molecular complexity index is 520. The van der Waals surface area contributed by atoms with E-state index in [-0.39, 0.29) is 0 Å². The molecule has 1 aromatic carbocycles. The molecule has 3 nitrogen and oxygen atoms in total. The summed E-state index contributed by atoms with van der Waals surface area (Å²) < 4.78 is 6.45. The molecule has 2 heterocycles. The molecule has 0 bridgehead atoms. The zero-order valence-corrected chi connectivity index (χ0v) is 12.2. The van der Waals surface area contributed by atoms with E-state index >= 15 is 0 Å². The molecule has 1 aromatic heterocycles. The van der Waals surface area contributed by atoms with Gasteiger partial charge in [-0.05, 0) is 12.1 Å². The van der Waals surface area contributed by atoms with Gasteiger partial charge in [0.05, 0.1) is 18.9 Å². The van der Waals surface area contributed by atoms with Gasteiger partial charge in [-0.15, -0.1) is 11.3 Å². The van der Waals surface area contributed by atoms with Gasteiger partial charge in [0.2, 0.25) is 0 Å². The Hall–Kier alpha value is -0.910. The number of halogens is 1. The largest absolute Gasteiger partial charge is 0.378 e. The Labute approximate surface area is 119 Å². The SMILES string of the molecule is Brc1ccc(-c2csc(N3CCOCC3)n2)cc1. The van der Waals surface area contributed by atoms with Crippen LogP contribution in [0.3, 0.4) is 0 Å². The molecule has 0 saturated carbocycles. The molecule has 0 aliphatic carbocycles. The number of anilines is 1. The molecule has 0 spiro atoms. The van der Waals surface area contributed by atoms with Crippen LogP contribution in [0.15, 0.2) is 34.1 Å². The maximum atomic E-state index is 5.36. The van der Waals surface area contributed by atoms with E-state index in [1.165, 1.54) is 0 Å². The molecule has 1 aliphatic heterocycles. The molecule has 0 unspecified atom stereocenters. The first-order valence-electron chi connectivity index (χ1n) is 5.87. The molecule has 3 rings (SSSR count). The smallest absolute Gasteiger partial charge is 0.186 e. The van der Waals surface area contributed by atoms with Crippen LogP contribution in [-0.4, -0.2) is 31.3 Å². The first-order valence-corrected chi connectivity index (χ1v) is 7.54. The van der Waals surface area contributed by atoms with E-state index in [1.54, 1.807) is 11.3 Å². The van der Waals surface area contributed by atoms with E-state index in [1.807, 2.05) is 12.1 Å². The number of ether oxygens (including phenoxy) is 1. The van der Waals surface area contributed by atoms with Crippen LogP contribution in [0.1, 0.15) is 0 Å². The van der Waals surface area contributed by atoms with Crippen LogP contribution >= 0.6 is 27.3 Å². The van der Waals surface area contributed by atoms with Crippen LogP contribution in [0.25, 0.3) is 11.3 Å². The summed E-state index contributed by atoms with van der Waals surface area (Å²) in [5.41, 5.74) is 2.21. The summed E-state index contributed by atoms with van der Waals surface area (Å²) in [5, 5.41) is 3.21. The van der Waals surface area contributed by atoms with Crippen molar-refractivity contribution in [3.63, 3.8) is 0 Å². The Morgan fingerprint density at radius 1 is 1.17 bits per heavy atom. The summed E-state index contributed by atoms with van der Waals surface area (Å²) in [6.07, 6.45) is 0. The van der Waals surface area contributed by atoms with E-state index in [2.05, 4.69) is 38.3 Å². The van der Waals surface area contributed by atoms with Crippen molar-refractivity contribution >= 4 is 32.4 Å². The Morgan fingerprint density at radius 2 is 1.89 bits per heavy atom. The lowest BCUT2D eigenvalue weighted by Gasteiger charge is -2.26. The molecule has 0 atom stereocenters. The van der Waals surface area contributed by atoms with Crippen LogP contribution in [0, 0.1) is 0 Å². The van der Waals surface area contributed by atoms with Crippen molar-refractivity contribution in [2.24, 2.45) is 0 Å². The average molecular weight is 325 g/mol. The first-order chi connectivity index (χ1) is 8.83. The molecule has 0 N–H and O–H groups in total. The second-order valence-electron chi connectivity index (χ2n) is 4.12. The van der Waals surface area contributed by atoms with Crippen molar-refractivity contribution in [1.82, 2.24) is 4.98 Å². The molecule has 0 amide bonds. The van der Waals surface area contributed by atoms with Crippen LogP contribution < -0.4 is 4.90 Å². The van der Waals surface area contributed by atoms with Crippen molar-refractivity contribution in [3.8, 4) is 11.3 Å². The minimum atomic E-state index is 0.799. The molecule has 94 valence electrons. The van der Waals surface area contributed by atoms with Crippen molar-refractivity contribution in [2.45, 2.75) is 0 Å². The molecule has 5 heteroatoms. The monoisotopic (exact) mass is 324 g/mol. The summed E-state index contributed by atoms with van der Waals surface area (Å²) in [7, 11) is 0. The number of thiazole rings is 1. The zero-order chi connectivity index (χ0) is 12.4. The Morgan fingerprint density at radius 3 is 2.61 bits per heavy atom. The molecular weight excluding hydrogens is 312 g/mol. The summed E-state index contributed by atoms with van der Waals surface area (Å²) >= 11 is 5.15. The third kappa shape index (κ3) is 2.58. The van der Waals surface area contributed by atoms with Crippen molar-refractivity contribution in [2.75, 3.05) is 31.2 Å². The highest BCUT2D eigenvalue weighted by Crippen LogP contribution is 2.28. The average Bonchev–Trinajstić information content (AvgIpc) is 2.90. The maximum Gasteiger partial charge on any atom is 0.186 e. The highest BCUT2D eigenvalue weighted by atomic mass is 79.9. The number of nitrogens with zero attached hydrogens (tertiary/aromatic N) is 2. The maximum absolute atomic E-state index is 5.36. The van der Waals surface area contributed by atoms with Gasteiger partial charge in [0, 0.05) is 28.5 Å². The predicted octanol–water partition coefficient (Wildman–Crippen LogP) is 3.41. The number of aromatic nitrogens is 1. The van der Waals surface area contributed by atoms with Gasteiger partial charge in [0.1, 0.15) is 0 Å². The van der Waals surface area contributed by atoms with Crippen molar-refractivity contribution in [1.29, 1.82) is 0 Å². The highest BCUT2D eigenvalue weighted by Gasteiger charge is 2.14. The highest BCUT2D eigenvalue weighted by molar-refractivity contribution is 9.10. The topological polar surface area (TPSA) is 25.4 Å². The summed E-state index contributed by atoms with van der Waals surface area (Å²) in [6, 6.07) is 8.26. The number of morpholine rings is 1. The second-order valence-corrected chi connectivity index (χ2v) is 5.87. The van der Waals surface area contributed by atoms with E-state index in [0.717, 1.165) is 47.2 Å². The summed E-state index contributed by atoms with van der Waals surface area (Å²) in [4.78, 5) is 7.00. The van der Waals surface area contributed by atoms with Gasteiger partial charge < -0.3 is 9.64 Å². The van der Waals surface area contributed by atoms with Gasteiger partial charge in [-0.25, -0.2) is 4.98 Å². The third-order valence-electron chi connectivity index (χ3n) is 2.91. The van der Waals surface area contributed by atoms with Gasteiger partial charge >= 0.3 is 0 Å². The number of rotatable bonds is 2. The van der Waals surface area contributed by atoms with Crippen LogP contribution in [0.4, 0.5) is 5.13 Å². The van der Waals surface area contributed by atoms with Gasteiger partial charge in [0.25, 0.3) is 0 Å². The van der Waals surface area contributed by atoms with E-state index < -0.39 is 0 Å². The fourth-order valence-corrected chi connectivity index (χ4v) is 3.07. The number of hydrogen-bond acceptors (Lipinski definition) is 4. The van der Waals surface area contributed by atoms with E-state index in [0.29, 0.717) is 0 Å². The minimum absolute atomic E-state index is 0.799. The third-order valence-corrected chi connectivity index (χ3v) is 4.34.